The van der Waals surface area contributed by atoms with Crippen LogP contribution in [0.5, 0.6) is 0 Å². The Hall–Kier alpha value is -1.18. The topological polar surface area (TPSA) is 63.7 Å². The molecule has 6 nitrogen and oxygen atoms in total. The Morgan fingerprint density at radius 1 is 1.60 bits per heavy atom. The number of carbonyl (C=O) groups is 1. The van der Waals surface area contributed by atoms with E-state index in [-0.39, 0.29) is 12.0 Å². The molecule has 1 fully saturated rings. The Labute approximate surface area is 123 Å². The van der Waals surface area contributed by atoms with Gasteiger partial charge in [-0.15, -0.1) is 11.3 Å². The molecular weight excluding hydrogens is 278 g/mol. The second kappa shape index (κ2) is 7.56. The predicted octanol–water partition coefficient (Wildman–Crippen LogP) is 1.45. The van der Waals surface area contributed by atoms with Crippen LogP contribution in [0.2, 0.25) is 0 Å². The fourth-order valence-corrected chi connectivity index (χ4v) is 2.86. The van der Waals surface area contributed by atoms with Crippen molar-refractivity contribution in [3.63, 3.8) is 0 Å². The number of nitrogens with one attached hydrogen (secondary N) is 1. The highest BCUT2D eigenvalue weighted by Crippen LogP contribution is 2.17. The van der Waals surface area contributed by atoms with Gasteiger partial charge in [0, 0.05) is 31.1 Å². The number of nitrogens with zero attached hydrogens (tertiary/aromatic N) is 2. The van der Waals surface area contributed by atoms with E-state index in [4.69, 9.17) is 9.47 Å². The van der Waals surface area contributed by atoms with Gasteiger partial charge in [0.1, 0.15) is 0 Å². The molecule has 1 atom stereocenters. The number of esters is 1. The number of rotatable bonds is 6. The second-order valence-corrected chi connectivity index (χ2v) is 5.57. The monoisotopic (exact) mass is 299 g/mol. The molecule has 1 aliphatic heterocycles. The average molecular weight is 299 g/mol. The molecule has 1 unspecified atom stereocenters. The zero-order chi connectivity index (χ0) is 14.4. The van der Waals surface area contributed by atoms with Crippen LogP contribution in [0.15, 0.2) is 5.38 Å². The van der Waals surface area contributed by atoms with Crippen LogP contribution in [0.4, 0.5) is 5.13 Å². The highest BCUT2D eigenvalue weighted by molar-refractivity contribution is 7.13. The van der Waals surface area contributed by atoms with Crippen molar-refractivity contribution in [2.24, 2.45) is 0 Å². The summed E-state index contributed by atoms with van der Waals surface area (Å²) < 4.78 is 10.3. The van der Waals surface area contributed by atoms with Crippen molar-refractivity contribution in [3.8, 4) is 0 Å². The minimum atomic E-state index is -0.363. The van der Waals surface area contributed by atoms with Gasteiger partial charge in [-0.1, -0.05) is 0 Å². The van der Waals surface area contributed by atoms with Crippen LogP contribution >= 0.6 is 11.3 Å². The van der Waals surface area contributed by atoms with Crippen molar-refractivity contribution in [1.82, 2.24) is 9.88 Å². The molecule has 0 amide bonds. The number of carbonyl (C=O) groups excluding carboxylic acids is 1. The molecule has 2 heterocycles. The van der Waals surface area contributed by atoms with Gasteiger partial charge in [0.25, 0.3) is 0 Å². The lowest BCUT2D eigenvalue weighted by Gasteiger charge is -2.29. The summed E-state index contributed by atoms with van der Waals surface area (Å²) in [5, 5.41) is 5.81. The molecule has 20 heavy (non-hydrogen) atoms. The predicted molar refractivity (Wildman–Crippen MR) is 78.4 cm³/mol. The summed E-state index contributed by atoms with van der Waals surface area (Å²) in [6.45, 7) is 8.75. The number of hydrogen-bond donors (Lipinski definition) is 1. The largest absolute Gasteiger partial charge is 0.461 e. The first-order valence-electron chi connectivity index (χ1n) is 6.88. The van der Waals surface area contributed by atoms with E-state index in [1.54, 1.807) is 12.3 Å². The molecule has 0 aromatic carbocycles. The Bertz CT molecular complexity index is 432. The maximum Gasteiger partial charge on any atom is 0.357 e. The molecule has 112 valence electrons. The van der Waals surface area contributed by atoms with E-state index in [0.717, 1.165) is 38.0 Å². The van der Waals surface area contributed by atoms with Gasteiger partial charge in [0.15, 0.2) is 10.8 Å². The van der Waals surface area contributed by atoms with Gasteiger partial charge in [-0.3, -0.25) is 4.90 Å². The fraction of sp³-hybridized carbons (Fsp3) is 0.692. The number of morpholine rings is 1. The Morgan fingerprint density at radius 3 is 3.05 bits per heavy atom. The first kappa shape index (κ1) is 15.2. The van der Waals surface area contributed by atoms with Crippen molar-refractivity contribution in [1.29, 1.82) is 0 Å². The number of hydrogen-bond acceptors (Lipinski definition) is 7. The number of thiazole rings is 1. The van der Waals surface area contributed by atoms with Gasteiger partial charge in [-0.25, -0.2) is 9.78 Å². The third-order valence-electron chi connectivity index (χ3n) is 2.99. The standard InChI is InChI=1S/C13H21N3O3S/c1-3-19-12(17)11-9-20-13(15-11)14-10(2)8-16-4-6-18-7-5-16/h9-10H,3-8H2,1-2H3,(H,14,15). The van der Waals surface area contributed by atoms with E-state index in [1.165, 1.54) is 11.3 Å². The lowest BCUT2D eigenvalue weighted by molar-refractivity contribution is 0.0368. The van der Waals surface area contributed by atoms with Gasteiger partial charge in [-0.05, 0) is 13.8 Å². The first-order valence-corrected chi connectivity index (χ1v) is 7.76. The maximum atomic E-state index is 11.5. The molecule has 2 rings (SSSR count). The van der Waals surface area contributed by atoms with Crippen LogP contribution in [-0.2, 0) is 9.47 Å². The van der Waals surface area contributed by atoms with Crippen LogP contribution in [0.1, 0.15) is 24.3 Å². The maximum absolute atomic E-state index is 11.5. The van der Waals surface area contributed by atoms with Crippen molar-refractivity contribution >= 4 is 22.4 Å². The van der Waals surface area contributed by atoms with E-state index in [9.17, 15) is 4.79 Å². The van der Waals surface area contributed by atoms with Gasteiger partial charge >= 0.3 is 5.97 Å². The minimum Gasteiger partial charge on any atom is -0.461 e. The average Bonchev–Trinajstić information content (AvgIpc) is 2.88. The smallest absolute Gasteiger partial charge is 0.357 e. The van der Waals surface area contributed by atoms with Crippen molar-refractivity contribution in [3.05, 3.63) is 11.1 Å². The molecule has 1 N–H and O–H groups in total. The van der Waals surface area contributed by atoms with Crippen LogP contribution < -0.4 is 5.32 Å². The Balaban J connectivity index is 1.81. The van der Waals surface area contributed by atoms with Crippen molar-refractivity contribution < 1.29 is 14.3 Å². The molecule has 1 saturated heterocycles. The third kappa shape index (κ3) is 4.43. The van der Waals surface area contributed by atoms with E-state index < -0.39 is 0 Å². The summed E-state index contributed by atoms with van der Waals surface area (Å²) in [6.07, 6.45) is 0. The van der Waals surface area contributed by atoms with E-state index in [0.29, 0.717) is 12.3 Å². The molecule has 1 aromatic heterocycles. The molecule has 0 radical (unpaired) electrons. The summed E-state index contributed by atoms with van der Waals surface area (Å²) in [4.78, 5) is 18.1. The van der Waals surface area contributed by atoms with E-state index >= 15 is 0 Å². The second-order valence-electron chi connectivity index (χ2n) is 4.72. The number of anilines is 1. The van der Waals surface area contributed by atoms with E-state index in [1.807, 2.05) is 0 Å². The van der Waals surface area contributed by atoms with Crippen LogP contribution in [-0.4, -0.2) is 61.3 Å². The highest BCUT2D eigenvalue weighted by atomic mass is 32.1. The van der Waals surface area contributed by atoms with Crippen LogP contribution in [0, 0.1) is 0 Å². The van der Waals surface area contributed by atoms with Crippen molar-refractivity contribution in [2.45, 2.75) is 19.9 Å². The van der Waals surface area contributed by atoms with Crippen molar-refractivity contribution in [2.75, 3.05) is 44.8 Å². The summed E-state index contributed by atoms with van der Waals surface area (Å²) >= 11 is 1.43. The molecule has 0 spiro atoms. The molecule has 0 bridgehead atoms. The van der Waals surface area contributed by atoms with Crippen LogP contribution in [0.25, 0.3) is 0 Å². The Kier molecular flexibility index (Phi) is 5.75. The van der Waals surface area contributed by atoms with Gasteiger partial charge in [-0.2, -0.15) is 0 Å². The lowest BCUT2D eigenvalue weighted by Crippen LogP contribution is -2.42. The van der Waals surface area contributed by atoms with Gasteiger partial charge in [0.2, 0.25) is 0 Å². The Morgan fingerprint density at radius 2 is 2.35 bits per heavy atom. The zero-order valence-corrected chi connectivity index (χ0v) is 12.7. The number of aromatic nitrogens is 1. The molecule has 7 heteroatoms. The van der Waals surface area contributed by atoms with Gasteiger partial charge in [0.05, 0.1) is 19.8 Å². The first-order chi connectivity index (χ1) is 9.69. The normalized spacial score (nSPS) is 17.7. The number of ether oxygens (including phenoxy) is 2. The SMILES string of the molecule is CCOC(=O)c1csc(NC(C)CN2CCOCC2)n1. The lowest BCUT2D eigenvalue weighted by atomic mass is 10.3. The minimum absolute atomic E-state index is 0.272. The molecule has 0 aliphatic carbocycles. The third-order valence-corrected chi connectivity index (χ3v) is 3.77. The van der Waals surface area contributed by atoms with E-state index in [2.05, 4.69) is 22.1 Å². The highest BCUT2D eigenvalue weighted by Gasteiger charge is 2.16. The summed E-state index contributed by atoms with van der Waals surface area (Å²) in [5.41, 5.74) is 0.373. The summed E-state index contributed by atoms with van der Waals surface area (Å²) in [6, 6.07) is 0.272. The molecule has 1 aliphatic rings. The molecule has 1 aromatic rings. The van der Waals surface area contributed by atoms with Crippen LogP contribution in [0.3, 0.4) is 0 Å². The fourth-order valence-electron chi connectivity index (χ4n) is 2.07. The summed E-state index contributed by atoms with van der Waals surface area (Å²) in [7, 11) is 0. The summed E-state index contributed by atoms with van der Waals surface area (Å²) in [5.74, 6) is -0.363. The molecular formula is C13H21N3O3S. The quantitative estimate of drug-likeness (QED) is 0.802. The molecule has 0 saturated carbocycles. The van der Waals surface area contributed by atoms with Gasteiger partial charge < -0.3 is 14.8 Å². The zero-order valence-electron chi connectivity index (χ0n) is 11.9.